The zero-order valence-corrected chi connectivity index (χ0v) is 9.94. The SMILES string of the molecule is COc1ccc2c(NCCCN)nccc2c1. The van der Waals surface area contributed by atoms with E-state index in [1.165, 1.54) is 0 Å². The molecule has 0 fully saturated rings. The van der Waals surface area contributed by atoms with Crippen LogP contribution < -0.4 is 15.8 Å². The van der Waals surface area contributed by atoms with Gasteiger partial charge in [0.2, 0.25) is 0 Å². The third kappa shape index (κ3) is 2.65. The fourth-order valence-corrected chi connectivity index (χ4v) is 1.73. The van der Waals surface area contributed by atoms with Gasteiger partial charge < -0.3 is 15.8 Å². The molecule has 0 atom stereocenters. The second-order valence-electron chi connectivity index (χ2n) is 3.82. The molecule has 90 valence electrons. The van der Waals surface area contributed by atoms with Gasteiger partial charge in [0.25, 0.3) is 0 Å². The number of aromatic nitrogens is 1. The first-order valence-electron chi connectivity index (χ1n) is 5.72. The molecule has 4 heteroatoms. The van der Waals surface area contributed by atoms with Gasteiger partial charge in [0.1, 0.15) is 11.6 Å². The highest BCUT2D eigenvalue weighted by molar-refractivity contribution is 5.92. The molecule has 0 amide bonds. The Balaban J connectivity index is 2.30. The predicted molar refractivity (Wildman–Crippen MR) is 70.5 cm³/mol. The molecule has 0 unspecified atom stereocenters. The molecule has 0 saturated carbocycles. The van der Waals surface area contributed by atoms with E-state index in [2.05, 4.69) is 10.3 Å². The van der Waals surface area contributed by atoms with Crippen LogP contribution in [0, 0.1) is 0 Å². The highest BCUT2D eigenvalue weighted by atomic mass is 16.5. The maximum Gasteiger partial charge on any atom is 0.133 e. The molecule has 3 N–H and O–H groups in total. The van der Waals surface area contributed by atoms with Crippen molar-refractivity contribution >= 4 is 16.6 Å². The van der Waals surface area contributed by atoms with Crippen LogP contribution in [0.5, 0.6) is 5.75 Å². The Bertz CT molecular complexity index is 499. The molecule has 1 heterocycles. The van der Waals surface area contributed by atoms with Crippen molar-refractivity contribution in [2.24, 2.45) is 5.73 Å². The van der Waals surface area contributed by atoms with E-state index in [-0.39, 0.29) is 0 Å². The van der Waals surface area contributed by atoms with Crippen LogP contribution in [0.1, 0.15) is 6.42 Å². The van der Waals surface area contributed by atoms with E-state index < -0.39 is 0 Å². The number of rotatable bonds is 5. The molecular weight excluding hydrogens is 214 g/mol. The summed E-state index contributed by atoms with van der Waals surface area (Å²) < 4.78 is 5.20. The van der Waals surface area contributed by atoms with Crippen LogP contribution >= 0.6 is 0 Å². The van der Waals surface area contributed by atoms with Gasteiger partial charge in [-0.3, -0.25) is 0 Å². The van der Waals surface area contributed by atoms with E-state index in [0.717, 1.165) is 35.3 Å². The summed E-state index contributed by atoms with van der Waals surface area (Å²) in [6.07, 6.45) is 2.74. The van der Waals surface area contributed by atoms with Crippen molar-refractivity contribution in [3.05, 3.63) is 30.5 Å². The third-order valence-corrected chi connectivity index (χ3v) is 2.64. The fraction of sp³-hybridized carbons (Fsp3) is 0.308. The number of hydrogen-bond donors (Lipinski definition) is 2. The summed E-state index contributed by atoms with van der Waals surface area (Å²) in [6, 6.07) is 7.95. The highest BCUT2D eigenvalue weighted by Crippen LogP contribution is 2.25. The molecule has 0 spiro atoms. The zero-order chi connectivity index (χ0) is 12.1. The minimum absolute atomic E-state index is 0.686. The normalized spacial score (nSPS) is 10.5. The number of ether oxygens (including phenoxy) is 1. The molecule has 0 aliphatic rings. The summed E-state index contributed by atoms with van der Waals surface area (Å²) in [5.74, 6) is 1.76. The summed E-state index contributed by atoms with van der Waals surface area (Å²) in [4.78, 5) is 4.34. The van der Waals surface area contributed by atoms with E-state index in [4.69, 9.17) is 10.5 Å². The number of nitrogens with one attached hydrogen (secondary N) is 1. The Morgan fingerprint density at radius 3 is 3.00 bits per heavy atom. The van der Waals surface area contributed by atoms with Gasteiger partial charge in [0.15, 0.2) is 0 Å². The second kappa shape index (κ2) is 5.50. The van der Waals surface area contributed by atoms with Gasteiger partial charge in [-0.1, -0.05) is 0 Å². The third-order valence-electron chi connectivity index (χ3n) is 2.64. The number of methoxy groups -OCH3 is 1. The van der Waals surface area contributed by atoms with Crippen molar-refractivity contribution in [3.8, 4) is 5.75 Å². The monoisotopic (exact) mass is 231 g/mol. The second-order valence-corrected chi connectivity index (χ2v) is 3.82. The summed E-state index contributed by atoms with van der Waals surface area (Å²) in [5.41, 5.74) is 5.47. The Morgan fingerprint density at radius 1 is 1.35 bits per heavy atom. The molecule has 17 heavy (non-hydrogen) atoms. The minimum Gasteiger partial charge on any atom is -0.497 e. The van der Waals surface area contributed by atoms with Crippen molar-refractivity contribution in [1.82, 2.24) is 4.98 Å². The molecule has 1 aromatic heterocycles. The van der Waals surface area contributed by atoms with Crippen molar-refractivity contribution in [2.45, 2.75) is 6.42 Å². The quantitative estimate of drug-likeness (QED) is 0.773. The number of hydrogen-bond acceptors (Lipinski definition) is 4. The molecule has 2 aromatic rings. The summed E-state index contributed by atoms with van der Waals surface area (Å²) in [6.45, 7) is 1.53. The molecule has 0 aliphatic carbocycles. The van der Waals surface area contributed by atoms with Gasteiger partial charge in [-0.25, -0.2) is 4.98 Å². The van der Waals surface area contributed by atoms with Crippen LogP contribution in [-0.4, -0.2) is 25.2 Å². The van der Waals surface area contributed by atoms with Crippen molar-refractivity contribution in [3.63, 3.8) is 0 Å². The predicted octanol–water partition coefficient (Wildman–Crippen LogP) is 2.00. The van der Waals surface area contributed by atoms with Gasteiger partial charge >= 0.3 is 0 Å². The van der Waals surface area contributed by atoms with Gasteiger partial charge in [-0.15, -0.1) is 0 Å². The summed E-state index contributed by atoms with van der Waals surface area (Å²) in [7, 11) is 1.67. The van der Waals surface area contributed by atoms with E-state index in [1.807, 2.05) is 24.3 Å². The van der Waals surface area contributed by atoms with Crippen LogP contribution in [0.2, 0.25) is 0 Å². The van der Waals surface area contributed by atoms with Crippen LogP contribution in [0.15, 0.2) is 30.5 Å². The average molecular weight is 231 g/mol. The molecule has 4 nitrogen and oxygen atoms in total. The van der Waals surface area contributed by atoms with Crippen molar-refractivity contribution in [1.29, 1.82) is 0 Å². The van der Waals surface area contributed by atoms with Gasteiger partial charge in [-0.2, -0.15) is 0 Å². The van der Waals surface area contributed by atoms with Crippen LogP contribution in [0.4, 0.5) is 5.82 Å². The Kier molecular flexibility index (Phi) is 3.77. The lowest BCUT2D eigenvalue weighted by atomic mass is 10.1. The lowest BCUT2D eigenvalue weighted by Crippen LogP contribution is -2.09. The molecule has 0 bridgehead atoms. The lowest BCUT2D eigenvalue weighted by molar-refractivity contribution is 0.415. The first-order chi connectivity index (χ1) is 8.35. The highest BCUT2D eigenvalue weighted by Gasteiger charge is 2.02. The zero-order valence-electron chi connectivity index (χ0n) is 9.94. The summed E-state index contributed by atoms with van der Waals surface area (Å²) in [5, 5.41) is 5.52. The maximum atomic E-state index is 5.47. The van der Waals surface area contributed by atoms with Gasteiger partial charge in [0, 0.05) is 18.1 Å². The standard InChI is InChI=1S/C13H17N3O/c1-17-11-3-4-12-10(9-11)5-8-16-13(12)15-7-2-6-14/h3-5,8-9H,2,6-7,14H2,1H3,(H,15,16). The van der Waals surface area contributed by atoms with Crippen LogP contribution in [-0.2, 0) is 0 Å². The fourth-order valence-electron chi connectivity index (χ4n) is 1.73. The largest absolute Gasteiger partial charge is 0.497 e. The van der Waals surface area contributed by atoms with Crippen LogP contribution in [0.25, 0.3) is 10.8 Å². The number of nitrogens with two attached hydrogens (primary N) is 1. The maximum absolute atomic E-state index is 5.47. The summed E-state index contributed by atoms with van der Waals surface area (Å²) >= 11 is 0. The van der Waals surface area contributed by atoms with Gasteiger partial charge in [0.05, 0.1) is 7.11 Å². The first kappa shape index (κ1) is 11.7. The number of pyridine rings is 1. The van der Waals surface area contributed by atoms with Crippen LogP contribution in [0.3, 0.4) is 0 Å². The van der Waals surface area contributed by atoms with Crippen molar-refractivity contribution in [2.75, 3.05) is 25.5 Å². The molecule has 1 aromatic carbocycles. The number of anilines is 1. The lowest BCUT2D eigenvalue weighted by Gasteiger charge is -2.09. The Hall–Kier alpha value is -1.81. The van der Waals surface area contributed by atoms with E-state index in [9.17, 15) is 0 Å². The van der Waals surface area contributed by atoms with E-state index in [1.54, 1.807) is 13.3 Å². The topological polar surface area (TPSA) is 60.2 Å². The molecule has 0 saturated heterocycles. The number of nitrogens with zero attached hydrogens (tertiary/aromatic N) is 1. The molecule has 0 aliphatic heterocycles. The molecular formula is C13H17N3O. The van der Waals surface area contributed by atoms with Gasteiger partial charge in [-0.05, 0) is 42.6 Å². The Morgan fingerprint density at radius 2 is 2.24 bits per heavy atom. The molecule has 0 radical (unpaired) electrons. The number of benzene rings is 1. The smallest absolute Gasteiger partial charge is 0.133 e. The van der Waals surface area contributed by atoms with Crippen molar-refractivity contribution < 1.29 is 4.74 Å². The first-order valence-corrected chi connectivity index (χ1v) is 5.72. The average Bonchev–Trinajstić information content (AvgIpc) is 2.38. The Labute approximate surface area is 101 Å². The number of fused-ring (bicyclic) bond motifs is 1. The van der Waals surface area contributed by atoms with E-state index >= 15 is 0 Å². The minimum atomic E-state index is 0.686. The van der Waals surface area contributed by atoms with E-state index in [0.29, 0.717) is 6.54 Å². The molecule has 2 rings (SSSR count).